The lowest BCUT2D eigenvalue weighted by Gasteiger charge is -2.21. The number of carbonyl (C=O) groups is 4. The number of phosphoric acid groups is 2. The Kier molecular flexibility index (Phi) is 70.6. The van der Waals surface area contributed by atoms with Gasteiger partial charge in [-0.1, -0.05) is 369 Å². The Labute approximate surface area is 600 Å². The normalized spacial score (nSPS) is 13.9. The van der Waals surface area contributed by atoms with Crippen LogP contribution in [0.2, 0.25) is 0 Å². The summed E-state index contributed by atoms with van der Waals surface area (Å²) in [5, 5.41) is 10.6. The number of hydrogen-bond acceptors (Lipinski definition) is 15. The minimum Gasteiger partial charge on any atom is -0.462 e. The molecule has 0 aromatic carbocycles. The van der Waals surface area contributed by atoms with Gasteiger partial charge >= 0.3 is 39.5 Å². The van der Waals surface area contributed by atoms with Crippen molar-refractivity contribution in [1.29, 1.82) is 0 Å². The molecule has 2 unspecified atom stereocenters. The van der Waals surface area contributed by atoms with Gasteiger partial charge < -0.3 is 33.8 Å². The average Bonchev–Trinajstić information content (AvgIpc) is 0.964. The molecule has 0 saturated carbocycles. The van der Waals surface area contributed by atoms with E-state index in [2.05, 4.69) is 34.6 Å². The highest BCUT2D eigenvalue weighted by molar-refractivity contribution is 7.47. The van der Waals surface area contributed by atoms with Crippen LogP contribution in [0.3, 0.4) is 0 Å². The highest BCUT2D eigenvalue weighted by atomic mass is 31.2. The van der Waals surface area contributed by atoms with E-state index in [9.17, 15) is 43.2 Å². The van der Waals surface area contributed by atoms with Gasteiger partial charge in [-0.3, -0.25) is 37.3 Å². The first kappa shape index (κ1) is 96.1. The van der Waals surface area contributed by atoms with Crippen molar-refractivity contribution < 1.29 is 80.2 Å². The highest BCUT2D eigenvalue weighted by Gasteiger charge is 2.30. The fraction of sp³-hybridized carbons (Fsp3) is 0.949. The second kappa shape index (κ2) is 72.0. The molecule has 0 saturated heterocycles. The van der Waals surface area contributed by atoms with Crippen molar-refractivity contribution in [2.45, 2.75) is 438 Å². The fourth-order valence-electron chi connectivity index (χ4n) is 12.2. The highest BCUT2D eigenvalue weighted by Crippen LogP contribution is 2.45. The van der Waals surface area contributed by atoms with Gasteiger partial charge in [0.2, 0.25) is 0 Å². The molecule has 0 fully saturated rings. The maximum atomic E-state index is 13.1. The average molecular weight is 1440 g/mol. The van der Waals surface area contributed by atoms with Crippen molar-refractivity contribution >= 4 is 39.5 Å². The smallest absolute Gasteiger partial charge is 0.462 e. The lowest BCUT2D eigenvalue weighted by molar-refractivity contribution is -0.161. The minimum absolute atomic E-state index is 0.107. The van der Waals surface area contributed by atoms with Crippen LogP contribution >= 0.6 is 15.6 Å². The summed E-state index contributed by atoms with van der Waals surface area (Å²) in [4.78, 5) is 72.7. The molecular weight excluding hydrogens is 1280 g/mol. The predicted molar refractivity (Wildman–Crippen MR) is 400 cm³/mol. The number of esters is 4. The standard InChI is InChI=1S/C79H154O17P2/c1-6-9-12-15-18-21-23-24-25-26-27-28-29-30-35-38-41-45-50-55-60-65-79(84)96-75(69-90-77(82)63-58-53-48-44-40-37-34-32-31-33-36-39-42-46-51-56-61-72(4)5)71-94-98(87,88)92-67-73(80)66-91-97(85,86)93-70-74(68-89-76(81)62-57-52-47-20-17-14-11-8-3)95-78(83)64-59-54-49-43-22-19-16-13-10-7-2/h72-75,80H,6-71H2,1-5H3,(H,85,86)(H,87,88)/t73-,74+,75+/m0/s1. The third-order valence-corrected chi connectivity index (χ3v) is 20.4. The number of phosphoric ester groups is 2. The van der Waals surface area contributed by atoms with Crippen molar-refractivity contribution in [1.82, 2.24) is 0 Å². The first-order valence-corrected chi connectivity index (χ1v) is 44.1. The van der Waals surface area contributed by atoms with Gasteiger partial charge in [-0.05, 0) is 31.6 Å². The van der Waals surface area contributed by atoms with Crippen LogP contribution in [0.4, 0.5) is 0 Å². The van der Waals surface area contributed by atoms with Crippen LogP contribution in [0, 0.1) is 5.92 Å². The Morgan fingerprint density at radius 3 is 0.694 bits per heavy atom. The summed E-state index contributed by atoms with van der Waals surface area (Å²) in [5.74, 6) is -1.30. The molecule has 19 heteroatoms. The zero-order chi connectivity index (χ0) is 71.9. The summed E-state index contributed by atoms with van der Waals surface area (Å²) >= 11 is 0. The lowest BCUT2D eigenvalue weighted by atomic mass is 10.0. The first-order chi connectivity index (χ1) is 47.5. The van der Waals surface area contributed by atoms with E-state index in [-0.39, 0.29) is 25.7 Å². The van der Waals surface area contributed by atoms with Crippen LogP contribution in [-0.2, 0) is 65.4 Å². The van der Waals surface area contributed by atoms with E-state index in [1.165, 1.54) is 238 Å². The van der Waals surface area contributed by atoms with Crippen molar-refractivity contribution in [2.24, 2.45) is 5.92 Å². The van der Waals surface area contributed by atoms with Gasteiger partial charge in [-0.15, -0.1) is 0 Å². The Morgan fingerprint density at radius 1 is 0.276 bits per heavy atom. The summed E-state index contributed by atoms with van der Waals surface area (Å²) in [5.41, 5.74) is 0. The van der Waals surface area contributed by atoms with Crippen LogP contribution in [0.15, 0.2) is 0 Å². The summed E-state index contributed by atoms with van der Waals surface area (Å²) in [6, 6.07) is 0. The zero-order valence-corrected chi connectivity index (χ0v) is 65.7. The van der Waals surface area contributed by atoms with Crippen LogP contribution in [0.1, 0.15) is 420 Å². The van der Waals surface area contributed by atoms with Crippen LogP contribution in [0.25, 0.3) is 0 Å². The van der Waals surface area contributed by atoms with E-state index in [4.69, 9.17) is 37.0 Å². The first-order valence-electron chi connectivity index (χ1n) is 41.1. The Morgan fingerprint density at radius 2 is 0.469 bits per heavy atom. The summed E-state index contributed by atoms with van der Waals surface area (Å²) in [6.45, 7) is 7.30. The molecule has 0 aliphatic heterocycles. The number of rotatable bonds is 79. The SMILES string of the molecule is CCCCCCCCCCCCCCCCCCCCCCCC(=O)O[C@H](COC(=O)CCCCCCCCCCCCCCCCCCC(C)C)COP(=O)(O)OC[C@@H](O)COP(=O)(O)OC[C@@H](COC(=O)CCCCCCCCCC)OC(=O)CCCCCCCCCCCC. The molecule has 3 N–H and O–H groups in total. The molecular formula is C79H154O17P2. The van der Waals surface area contributed by atoms with Gasteiger partial charge in [-0.2, -0.15) is 0 Å². The molecule has 0 amide bonds. The molecule has 0 heterocycles. The molecule has 17 nitrogen and oxygen atoms in total. The molecule has 0 aliphatic carbocycles. The number of ether oxygens (including phenoxy) is 4. The van der Waals surface area contributed by atoms with E-state index in [1.807, 2.05) is 0 Å². The van der Waals surface area contributed by atoms with Crippen LogP contribution < -0.4 is 0 Å². The topological polar surface area (TPSA) is 237 Å². The molecule has 0 aromatic rings. The maximum absolute atomic E-state index is 13.1. The minimum atomic E-state index is -4.96. The molecule has 0 rings (SSSR count). The predicted octanol–water partition coefficient (Wildman–Crippen LogP) is 23.6. The third kappa shape index (κ3) is 72.4. The number of carbonyl (C=O) groups excluding carboxylic acids is 4. The number of unbranched alkanes of at least 4 members (excludes halogenated alkanes) is 51. The van der Waals surface area contributed by atoms with Crippen molar-refractivity contribution in [3.05, 3.63) is 0 Å². The number of aliphatic hydroxyl groups excluding tert-OH is 1. The summed E-state index contributed by atoms with van der Waals surface area (Å²) in [6.07, 6.45) is 62.7. The van der Waals surface area contributed by atoms with E-state index >= 15 is 0 Å². The number of hydrogen-bond donors (Lipinski definition) is 3. The molecule has 5 atom stereocenters. The van der Waals surface area contributed by atoms with Crippen LogP contribution in [-0.4, -0.2) is 96.7 Å². The van der Waals surface area contributed by atoms with E-state index < -0.39 is 97.5 Å². The van der Waals surface area contributed by atoms with Gasteiger partial charge in [0.1, 0.15) is 19.3 Å². The Balaban J connectivity index is 5.16. The van der Waals surface area contributed by atoms with Gasteiger partial charge in [0.05, 0.1) is 26.4 Å². The Bertz CT molecular complexity index is 1870. The lowest BCUT2D eigenvalue weighted by Crippen LogP contribution is -2.30. The van der Waals surface area contributed by atoms with Crippen LogP contribution in [0.5, 0.6) is 0 Å². The quantitative estimate of drug-likeness (QED) is 0.0222. The number of aliphatic hydroxyl groups is 1. The molecule has 0 bridgehead atoms. The molecule has 98 heavy (non-hydrogen) atoms. The molecule has 0 aromatic heterocycles. The van der Waals surface area contributed by atoms with Crippen molar-refractivity contribution in [2.75, 3.05) is 39.6 Å². The third-order valence-electron chi connectivity index (χ3n) is 18.5. The van der Waals surface area contributed by atoms with Gasteiger partial charge in [-0.25, -0.2) is 9.13 Å². The molecule has 0 aliphatic rings. The Hall–Kier alpha value is -1.94. The molecule has 0 spiro atoms. The van der Waals surface area contributed by atoms with E-state index in [0.29, 0.717) is 25.7 Å². The molecule has 582 valence electrons. The molecule has 0 radical (unpaired) electrons. The van der Waals surface area contributed by atoms with Gasteiger partial charge in [0.15, 0.2) is 12.2 Å². The fourth-order valence-corrected chi connectivity index (χ4v) is 13.8. The maximum Gasteiger partial charge on any atom is 0.472 e. The zero-order valence-electron chi connectivity index (χ0n) is 63.9. The summed E-state index contributed by atoms with van der Waals surface area (Å²) in [7, 11) is -9.91. The van der Waals surface area contributed by atoms with Gasteiger partial charge in [0, 0.05) is 25.7 Å². The second-order valence-corrected chi connectivity index (χ2v) is 31.8. The monoisotopic (exact) mass is 1440 g/mol. The van der Waals surface area contributed by atoms with Crippen molar-refractivity contribution in [3.8, 4) is 0 Å². The second-order valence-electron chi connectivity index (χ2n) is 28.9. The largest absolute Gasteiger partial charge is 0.472 e. The van der Waals surface area contributed by atoms with Crippen molar-refractivity contribution in [3.63, 3.8) is 0 Å². The summed E-state index contributed by atoms with van der Waals surface area (Å²) < 4.78 is 68.5. The van der Waals surface area contributed by atoms with E-state index in [0.717, 1.165) is 102 Å². The van der Waals surface area contributed by atoms with E-state index in [1.54, 1.807) is 0 Å². The van der Waals surface area contributed by atoms with Gasteiger partial charge in [0.25, 0.3) is 0 Å².